The van der Waals surface area contributed by atoms with Gasteiger partial charge in [0.2, 0.25) is 5.91 Å². The van der Waals surface area contributed by atoms with Crippen LogP contribution in [-0.2, 0) is 9.59 Å². The van der Waals surface area contributed by atoms with Crippen molar-refractivity contribution in [3.8, 4) is 0 Å². The zero-order valence-electron chi connectivity index (χ0n) is 12.3. The number of nitrogens with one attached hydrogen (secondary N) is 1. The summed E-state index contributed by atoms with van der Waals surface area (Å²) in [5.74, 6) is -0.298. The second-order valence-electron chi connectivity index (χ2n) is 5.58. The van der Waals surface area contributed by atoms with Crippen LogP contribution in [0.4, 0.5) is 10.1 Å². The number of hydrogen-bond acceptors (Lipinski definition) is 3. The summed E-state index contributed by atoms with van der Waals surface area (Å²) in [5, 5.41) is 2.76. The summed E-state index contributed by atoms with van der Waals surface area (Å²) in [5.41, 5.74) is 0.585. The minimum atomic E-state index is -0.328. The first kappa shape index (κ1) is 15.6. The number of anilines is 1. The van der Waals surface area contributed by atoms with Gasteiger partial charge in [-0.15, -0.1) is 0 Å². The fraction of sp³-hybridized carbons (Fsp3) is 0.500. The standard InChI is InChI=1S/C16H21FN2O2/c1-12(20)10-15-4-2-3-9-19(15)11-16(21)18-14-7-5-13(17)6-8-14/h5-8,15H,2-4,9-11H2,1H3,(H,18,21). The van der Waals surface area contributed by atoms with Gasteiger partial charge in [0.25, 0.3) is 0 Å². The van der Waals surface area contributed by atoms with Gasteiger partial charge in [0.15, 0.2) is 0 Å². The lowest BCUT2D eigenvalue weighted by molar-refractivity contribution is -0.121. The number of piperidine rings is 1. The Morgan fingerprint density at radius 3 is 2.67 bits per heavy atom. The summed E-state index contributed by atoms with van der Waals surface area (Å²) in [6.45, 7) is 2.70. The minimum absolute atomic E-state index is 0.128. The van der Waals surface area contributed by atoms with Crippen LogP contribution < -0.4 is 5.32 Å². The number of hydrogen-bond donors (Lipinski definition) is 1. The van der Waals surface area contributed by atoms with Gasteiger partial charge in [0, 0.05) is 18.2 Å². The number of amides is 1. The lowest BCUT2D eigenvalue weighted by Gasteiger charge is -2.34. The first-order valence-corrected chi connectivity index (χ1v) is 7.33. The van der Waals surface area contributed by atoms with E-state index in [4.69, 9.17) is 0 Å². The maximum absolute atomic E-state index is 12.8. The molecule has 0 aliphatic carbocycles. The molecular formula is C16H21FN2O2. The zero-order chi connectivity index (χ0) is 15.2. The van der Waals surface area contributed by atoms with Crippen LogP contribution in [0.5, 0.6) is 0 Å². The molecule has 1 aromatic rings. The van der Waals surface area contributed by atoms with Crippen molar-refractivity contribution in [1.82, 2.24) is 4.90 Å². The second kappa shape index (κ2) is 7.31. The summed E-state index contributed by atoms with van der Waals surface area (Å²) in [7, 11) is 0. The fourth-order valence-electron chi connectivity index (χ4n) is 2.75. The van der Waals surface area contributed by atoms with Crippen molar-refractivity contribution in [2.75, 3.05) is 18.4 Å². The fourth-order valence-corrected chi connectivity index (χ4v) is 2.75. The molecule has 1 heterocycles. The SMILES string of the molecule is CC(=O)CC1CCCCN1CC(=O)Nc1ccc(F)cc1. The van der Waals surface area contributed by atoms with Crippen molar-refractivity contribution in [1.29, 1.82) is 0 Å². The molecule has 1 aromatic carbocycles. The van der Waals surface area contributed by atoms with Gasteiger partial charge in [-0.05, 0) is 50.6 Å². The van der Waals surface area contributed by atoms with Crippen LogP contribution in [0.3, 0.4) is 0 Å². The summed E-state index contributed by atoms with van der Waals surface area (Å²) in [6, 6.07) is 5.87. The van der Waals surface area contributed by atoms with Gasteiger partial charge in [0.05, 0.1) is 6.54 Å². The molecule has 0 saturated carbocycles. The van der Waals surface area contributed by atoms with E-state index in [1.807, 2.05) is 0 Å². The quantitative estimate of drug-likeness (QED) is 0.907. The van der Waals surface area contributed by atoms with Crippen LogP contribution in [0.25, 0.3) is 0 Å². The number of nitrogens with zero attached hydrogens (tertiary/aromatic N) is 1. The molecule has 0 bridgehead atoms. The first-order valence-electron chi connectivity index (χ1n) is 7.33. The molecule has 21 heavy (non-hydrogen) atoms. The van der Waals surface area contributed by atoms with E-state index in [2.05, 4.69) is 10.2 Å². The Hall–Kier alpha value is -1.75. The zero-order valence-corrected chi connectivity index (χ0v) is 12.3. The Morgan fingerprint density at radius 1 is 1.29 bits per heavy atom. The van der Waals surface area contributed by atoms with E-state index in [9.17, 15) is 14.0 Å². The number of Topliss-reactive ketones (excluding diaryl/α,β-unsaturated/α-hetero) is 1. The van der Waals surface area contributed by atoms with Crippen LogP contribution >= 0.6 is 0 Å². The molecule has 4 nitrogen and oxygen atoms in total. The monoisotopic (exact) mass is 292 g/mol. The number of carbonyl (C=O) groups is 2. The first-order chi connectivity index (χ1) is 10.0. The highest BCUT2D eigenvalue weighted by Crippen LogP contribution is 2.20. The molecule has 0 radical (unpaired) electrons. The Kier molecular flexibility index (Phi) is 5.44. The third-order valence-electron chi connectivity index (χ3n) is 3.75. The van der Waals surface area contributed by atoms with Crippen molar-refractivity contribution >= 4 is 17.4 Å². The number of halogens is 1. The maximum Gasteiger partial charge on any atom is 0.238 e. The van der Waals surface area contributed by atoms with E-state index in [1.165, 1.54) is 24.3 Å². The van der Waals surface area contributed by atoms with Crippen LogP contribution in [0.15, 0.2) is 24.3 Å². The van der Waals surface area contributed by atoms with E-state index in [-0.39, 0.29) is 30.1 Å². The van der Waals surface area contributed by atoms with Gasteiger partial charge >= 0.3 is 0 Å². The van der Waals surface area contributed by atoms with Crippen molar-refractivity contribution in [2.45, 2.75) is 38.6 Å². The normalized spacial score (nSPS) is 19.2. The van der Waals surface area contributed by atoms with Crippen LogP contribution in [-0.4, -0.2) is 35.7 Å². The van der Waals surface area contributed by atoms with Gasteiger partial charge in [-0.1, -0.05) is 6.42 Å². The van der Waals surface area contributed by atoms with Crippen molar-refractivity contribution in [3.63, 3.8) is 0 Å². The molecule has 1 saturated heterocycles. The van der Waals surface area contributed by atoms with Crippen molar-refractivity contribution < 1.29 is 14.0 Å². The highest BCUT2D eigenvalue weighted by molar-refractivity contribution is 5.92. The predicted molar refractivity (Wildman–Crippen MR) is 79.5 cm³/mol. The molecule has 2 rings (SSSR count). The molecule has 0 spiro atoms. The molecule has 1 amide bonds. The van der Waals surface area contributed by atoms with E-state index in [1.54, 1.807) is 6.92 Å². The molecule has 5 heteroatoms. The summed E-state index contributed by atoms with van der Waals surface area (Å²) >= 11 is 0. The summed E-state index contributed by atoms with van der Waals surface area (Å²) in [4.78, 5) is 25.4. The molecule has 1 atom stereocenters. The molecular weight excluding hydrogens is 271 g/mol. The predicted octanol–water partition coefficient (Wildman–Crippen LogP) is 2.60. The van der Waals surface area contributed by atoms with Crippen LogP contribution in [0, 0.1) is 5.82 Å². The molecule has 114 valence electrons. The number of carbonyl (C=O) groups excluding carboxylic acids is 2. The van der Waals surface area contributed by atoms with Crippen molar-refractivity contribution in [2.24, 2.45) is 0 Å². The average molecular weight is 292 g/mol. The number of benzene rings is 1. The molecule has 0 aromatic heterocycles. The van der Waals surface area contributed by atoms with Gasteiger partial charge in [-0.3, -0.25) is 14.5 Å². The number of likely N-dealkylation sites (tertiary alicyclic amines) is 1. The Bertz CT molecular complexity index is 502. The number of rotatable bonds is 5. The second-order valence-corrected chi connectivity index (χ2v) is 5.58. The molecule has 1 aliphatic rings. The number of ketones is 1. The van der Waals surface area contributed by atoms with Crippen LogP contribution in [0.1, 0.15) is 32.6 Å². The highest BCUT2D eigenvalue weighted by Gasteiger charge is 2.25. The third kappa shape index (κ3) is 4.93. The molecule has 1 aliphatic heterocycles. The lowest BCUT2D eigenvalue weighted by atomic mass is 9.98. The van der Waals surface area contributed by atoms with E-state index >= 15 is 0 Å². The van der Waals surface area contributed by atoms with E-state index < -0.39 is 0 Å². The van der Waals surface area contributed by atoms with Gasteiger partial charge in [-0.25, -0.2) is 4.39 Å². The smallest absolute Gasteiger partial charge is 0.238 e. The average Bonchev–Trinajstić information content (AvgIpc) is 2.43. The Balaban J connectivity index is 1.90. The van der Waals surface area contributed by atoms with Crippen molar-refractivity contribution in [3.05, 3.63) is 30.1 Å². The Labute approximate surface area is 124 Å². The van der Waals surface area contributed by atoms with E-state index in [0.717, 1.165) is 25.8 Å². The molecule has 1 unspecified atom stereocenters. The van der Waals surface area contributed by atoms with Gasteiger partial charge in [0.1, 0.15) is 11.6 Å². The van der Waals surface area contributed by atoms with Crippen LogP contribution in [0.2, 0.25) is 0 Å². The maximum atomic E-state index is 12.8. The molecule has 1 fully saturated rings. The summed E-state index contributed by atoms with van der Waals surface area (Å²) < 4.78 is 12.8. The van der Waals surface area contributed by atoms with Gasteiger partial charge in [-0.2, -0.15) is 0 Å². The van der Waals surface area contributed by atoms with Gasteiger partial charge < -0.3 is 5.32 Å². The topological polar surface area (TPSA) is 49.4 Å². The highest BCUT2D eigenvalue weighted by atomic mass is 19.1. The third-order valence-corrected chi connectivity index (χ3v) is 3.75. The van der Waals surface area contributed by atoms with E-state index in [0.29, 0.717) is 12.1 Å². The largest absolute Gasteiger partial charge is 0.325 e. The lowest BCUT2D eigenvalue weighted by Crippen LogP contribution is -2.44. The Morgan fingerprint density at radius 2 is 2.00 bits per heavy atom. The summed E-state index contributed by atoms with van der Waals surface area (Å²) in [6.07, 6.45) is 3.62. The minimum Gasteiger partial charge on any atom is -0.325 e. The molecule has 1 N–H and O–H groups in total.